The normalized spacial score (nSPS) is 16.1. The second-order valence-electron chi connectivity index (χ2n) is 6.59. The number of pyridine rings is 1. The number of hydrogen-bond acceptors (Lipinski definition) is 5. The van der Waals surface area contributed by atoms with Crippen LogP contribution in [0.3, 0.4) is 0 Å². The second-order valence-corrected chi connectivity index (χ2v) is 6.59. The molecule has 1 aromatic heterocycles. The lowest BCUT2D eigenvalue weighted by Gasteiger charge is -2.15. The second kappa shape index (κ2) is 7.15. The number of methoxy groups -OCH3 is 1. The average Bonchev–Trinajstić information content (AvgIpc) is 3.11. The summed E-state index contributed by atoms with van der Waals surface area (Å²) in [6.07, 6.45) is -0.562. The fourth-order valence-electron chi connectivity index (χ4n) is 3.12. The van der Waals surface area contributed by atoms with Crippen LogP contribution in [0.25, 0.3) is 22.2 Å². The zero-order valence-electron chi connectivity index (χ0n) is 15.3. The van der Waals surface area contributed by atoms with E-state index in [1.54, 1.807) is 7.11 Å². The molecular weight excluding hydrogens is 342 g/mol. The first-order chi connectivity index (χ1) is 13.1. The van der Waals surface area contributed by atoms with E-state index < -0.39 is 0 Å². The number of cyclic esters (lactones) is 1. The maximum absolute atomic E-state index is 11.2. The number of hydrogen-bond donors (Lipinski definition) is 2. The molecule has 0 saturated carbocycles. The van der Waals surface area contributed by atoms with Crippen molar-refractivity contribution in [1.82, 2.24) is 10.3 Å². The van der Waals surface area contributed by atoms with Gasteiger partial charge < -0.3 is 20.1 Å². The molecule has 1 unspecified atom stereocenters. The average molecular weight is 363 g/mol. The number of ether oxygens (including phenoxy) is 2. The maximum Gasteiger partial charge on any atom is 0.407 e. The van der Waals surface area contributed by atoms with Gasteiger partial charge in [-0.3, -0.25) is 0 Å². The Kier molecular flexibility index (Phi) is 4.54. The van der Waals surface area contributed by atoms with Crippen molar-refractivity contribution in [2.75, 3.05) is 25.5 Å². The van der Waals surface area contributed by atoms with Crippen molar-refractivity contribution in [2.24, 2.45) is 0 Å². The number of carbonyl (C=O) groups excluding carboxylic acids is 1. The predicted octanol–water partition coefficient (Wildman–Crippen LogP) is 3.74. The summed E-state index contributed by atoms with van der Waals surface area (Å²) in [5, 5.41) is 7.07. The first kappa shape index (κ1) is 17.1. The van der Waals surface area contributed by atoms with Gasteiger partial charge in [-0.25, -0.2) is 9.78 Å². The molecule has 1 aliphatic heterocycles. The summed E-state index contributed by atoms with van der Waals surface area (Å²) in [7, 11) is 1.64. The van der Waals surface area contributed by atoms with Gasteiger partial charge in [0.25, 0.3) is 0 Å². The van der Waals surface area contributed by atoms with Gasteiger partial charge in [-0.15, -0.1) is 0 Å². The molecule has 6 heteroatoms. The van der Waals surface area contributed by atoms with E-state index in [0.29, 0.717) is 13.1 Å². The first-order valence-electron chi connectivity index (χ1n) is 8.86. The lowest BCUT2D eigenvalue weighted by molar-refractivity contribution is 0.145. The molecule has 138 valence electrons. The van der Waals surface area contributed by atoms with Crippen LogP contribution in [-0.4, -0.2) is 37.4 Å². The van der Waals surface area contributed by atoms with E-state index in [9.17, 15) is 4.79 Å². The number of anilines is 1. The highest BCUT2D eigenvalue weighted by Gasteiger charge is 2.22. The molecule has 2 heterocycles. The quantitative estimate of drug-likeness (QED) is 0.722. The van der Waals surface area contributed by atoms with Crippen molar-refractivity contribution in [3.63, 3.8) is 0 Å². The van der Waals surface area contributed by atoms with Crippen LogP contribution in [0.1, 0.15) is 5.56 Å². The van der Waals surface area contributed by atoms with Gasteiger partial charge in [0.2, 0.25) is 0 Å². The molecule has 0 radical (unpaired) electrons. The summed E-state index contributed by atoms with van der Waals surface area (Å²) in [4.78, 5) is 16.0. The molecule has 0 aliphatic carbocycles. The summed E-state index contributed by atoms with van der Waals surface area (Å²) in [5.41, 5.74) is 4.91. The Morgan fingerprint density at radius 3 is 2.74 bits per heavy atom. The van der Waals surface area contributed by atoms with E-state index in [1.807, 2.05) is 24.3 Å². The number of rotatable bonds is 5. The van der Waals surface area contributed by atoms with Crippen LogP contribution in [0.2, 0.25) is 0 Å². The van der Waals surface area contributed by atoms with Gasteiger partial charge in [-0.05, 0) is 25.1 Å². The lowest BCUT2D eigenvalue weighted by Crippen LogP contribution is -2.23. The maximum atomic E-state index is 11.2. The van der Waals surface area contributed by atoms with E-state index in [4.69, 9.17) is 14.5 Å². The minimum atomic E-state index is -0.369. The number of carbonyl (C=O) groups is 1. The number of fused-ring (bicyclic) bond motifs is 1. The summed E-state index contributed by atoms with van der Waals surface area (Å²) < 4.78 is 10.6. The third-order valence-corrected chi connectivity index (χ3v) is 4.63. The van der Waals surface area contributed by atoms with Crippen LogP contribution in [0.15, 0.2) is 48.5 Å². The van der Waals surface area contributed by atoms with Crippen LogP contribution in [-0.2, 0) is 4.74 Å². The Bertz CT molecular complexity index is 986. The Balaban J connectivity index is 1.72. The van der Waals surface area contributed by atoms with Gasteiger partial charge in [0.1, 0.15) is 11.9 Å². The van der Waals surface area contributed by atoms with Gasteiger partial charge >= 0.3 is 6.09 Å². The third kappa shape index (κ3) is 3.65. The Labute approximate surface area is 157 Å². The molecule has 0 spiro atoms. The molecule has 1 saturated heterocycles. The van der Waals surface area contributed by atoms with Crippen LogP contribution in [0.4, 0.5) is 10.5 Å². The number of benzene rings is 2. The molecule has 1 amide bonds. The zero-order chi connectivity index (χ0) is 18.8. The van der Waals surface area contributed by atoms with E-state index in [2.05, 4.69) is 41.8 Å². The Hall–Kier alpha value is -3.28. The molecule has 3 aromatic rings. The number of aromatic nitrogens is 1. The lowest BCUT2D eigenvalue weighted by atomic mass is 10.1. The fourth-order valence-corrected chi connectivity index (χ4v) is 3.12. The van der Waals surface area contributed by atoms with Crippen molar-refractivity contribution >= 4 is 22.7 Å². The Morgan fingerprint density at radius 2 is 2.04 bits per heavy atom. The minimum Gasteiger partial charge on any atom is -0.497 e. The van der Waals surface area contributed by atoms with E-state index >= 15 is 0 Å². The molecule has 27 heavy (non-hydrogen) atoms. The molecule has 1 fully saturated rings. The van der Waals surface area contributed by atoms with Gasteiger partial charge in [0.05, 0.1) is 31.4 Å². The number of alkyl carbamates (subject to hydrolysis) is 1. The standard InChI is InChI=1S/C21H21N3O3/c1-13-3-5-14(6-4-13)18-10-19(22-11-16-12-23-21(25)27-16)17-8-7-15(26-2)9-20(17)24-18/h3-10,16H,11-12H2,1-2H3,(H,22,24)(H,23,25). The third-order valence-electron chi connectivity index (χ3n) is 4.63. The van der Waals surface area contributed by atoms with E-state index in [1.165, 1.54) is 5.56 Å². The highest BCUT2D eigenvalue weighted by molar-refractivity contribution is 5.94. The largest absolute Gasteiger partial charge is 0.497 e. The van der Waals surface area contributed by atoms with Crippen LogP contribution in [0.5, 0.6) is 5.75 Å². The number of aryl methyl sites for hydroxylation is 1. The van der Waals surface area contributed by atoms with Gasteiger partial charge in [0.15, 0.2) is 0 Å². The van der Waals surface area contributed by atoms with Crippen LogP contribution < -0.4 is 15.4 Å². The van der Waals surface area contributed by atoms with Gasteiger partial charge in [-0.1, -0.05) is 29.8 Å². The molecule has 2 N–H and O–H groups in total. The molecule has 4 rings (SSSR count). The van der Waals surface area contributed by atoms with Crippen molar-refractivity contribution < 1.29 is 14.3 Å². The zero-order valence-corrected chi connectivity index (χ0v) is 15.3. The van der Waals surface area contributed by atoms with Crippen molar-refractivity contribution in [3.8, 4) is 17.0 Å². The van der Waals surface area contributed by atoms with Crippen molar-refractivity contribution in [3.05, 3.63) is 54.1 Å². The highest BCUT2D eigenvalue weighted by Crippen LogP contribution is 2.31. The van der Waals surface area contributed by atoms with E-state index in [0.717, 1.165) is 33.6 Å². The number of amides is 1. The molecule has 1 aliphatic rings. The molecule has 1 atom stereocenters. The fraction of sp³-hybridized carbons (Fsp3) is 0.238. The molecule has 6 nitrogen and oxygen atoms in total. The number of nitrogens with one attached hydrogen (secondary N) is 2. The number of nitrogens with zero attached hydrogens (tertiary/aromatic N) is 1. The smallest absolute Gasteiger partial charge is 0.407 e. The topological polar surface area (TPSA) is 72.5 Å². The predicted molar refractivity (Wildman–Crippen MR) is 105 cm³/mol. The summed E-state index contributed by atoms with van der Waals surface area (Å²) >= 11 is 0. The minimum absolute atomic E-state index is 0.193. The van der Waals surface area contributed by atoms with Crippen LogP contribution in [0, 0.1) is 6.92 Å². The highest BCUT2D eigenvalue weighted by atomic mass is 16.6. The SMILES string of the molecule is COc1ccc2c(NCC3CNC(=O)O3)cc(-c3ccc(C)cc3)nc2c1. The van der Waals surface area contributed by atoms with Gasteiger partial charge in [0, 0.05) is 22.7 Å². The van der Waals surface area contributed by atoms with Gasteiger partial charge in [-0.2, -0.15) is 0 Å². The van der Waals surface area contributed by atoms with Crippen molar-refractivity contribution in [1.29, 1.82) is 0 Å². The summed E-state index contributed by atoms with van der Waals surface area (Å²) in [6, 6.07) is 16.1. The Morgan fingerprint density at radius 1 is 1.22 bits per heavy atom. The van der Waals surface area contributed by atoms with Crippen molar-refractivity contribution in [2.45, 2.75) is 13.0 Å². The monoisotopic (exact) mass is 363 g/mol. The summed E-state index contributed by atoms with van der Waals surface area (Å²) in [6.45, 7) is 3.09. The molecule has 0 bridgehead atoms. The summed E-state index contributed by atoms with van der Waals surface area (Å²) in [5.74, 6) is 0.760. The van der Waals surface area contributed by atoms with Crippen LogP contribution >= 0.6 is 0 Å². The first-order valence-corrected chi connectivity index (χ1v) is 8.86. The van der Waals surface area contributed by atoms with E-state index in [-0.39, 0.29) is 12.2 Å². The molecule has 2 aromatic carbocycles. The molecular formula is C21H21N3O3.